The van der Waals surface area contributed by atoms with Crippen LogP contribution in [0.2, 0.25) is 0 Å². The molecule has 3 rings (SSSR count). The van der Waals surface area contributed by atoms with Crippen LogP contribution < -0.4 is 15.1 Å². The molecule has 0 aliphatic heterocycles. The Kier molecular flexibility index (Phi) is 3.95. The van der Waals surface area contributed by atoms with E-state index in [-0.39, 0.29) is 0 Å². The molecule has 3 aromatic rings. The van der Waals surface area contributed by atoms with E-state index < -0.39 is 7.28 Å². The van der Waals surface area contributed by atoms with E-state index in [4.69, 9.17) is 4.52 Å². The molecule has 0 saturated heterocycles. The number of rotatable bonds is 4. The van der Waals surface area contributed by atoms with Gasteiger partial charge in [-0.1, -0.05) is 0 Å². The third-order valence-corrected chi connectivity index (χ3v) is 6.76. The van der Waals surface area contributed by atoms with Gasteiger partial charge in [0.1, 0.15) is 0 Å². The predicted molar refractivity (Wildman–Crippen MR) is 95.3 cm³/mol. The molecule has 0 aromatic heterocycles. The van der Waals surface area contributed by atoms with Gasteiger partial charge in [0.15, 0.2) is 0 Å². The first-order valence-corrected chi connectivity index (χ1v) is 9.44. The normalized spacial score (nSPS) is 13.1. The summed E-state index contributed by atoms with van der Waals surface area (Å²) in [5.74, 6) is 0.422. The average molecular weight is 326 g/mol. The zero-order valence-electron chi connectivity index (χ0n) is 12.8. The van der Waals surface area contributed by atoms with Crippen LogP contribution in [0, 0.1) is 6.92 Å². The quantitative estimate of drug-likeness (QED) is 0.723. The molecule has 0 heterocycles. The molecule has 2 N–H and O–H groups in total. The van der Waals surface area contributed by atoms with Crippen LogP contribution in [0.4, 0.5) is 0 Å². The van der Waals surface area contributed by atoms with Crippen molar-refractivity contribution in [3.05, 3.63) is 90.5 Å². The summed E-state index contributed by atoms with van der Waals surface area (Å²) in [7, 11) is -4.76. The molecule has 0 radical (unpaired) electrons. The second kappa shape index (κ2) is 5.78. The predicted octanol–water partition coefficient (Wildman–Crippen LogP) is 3.31. The zero-order valence-corrected chi connectivity index (χ0v) is 13.7. The van der Waals surface area contributed by atoms with Crippen molar-refractivity contribution in [2.75, 3.05) is 0 Å². The summed E-state index contributed by atoms with van der Waals surface area (Å²) in [5, 5.41) is 0.732. The molecule has 0 spiro atoms. The first-order valence-electron chi connectivity index (χ1n) is 7.38. The third kappa shape index (κ3) is 2.99. The molecular weight excluding hydrogens is 307 g/mol. The molecule has 0 amide bonds. The summed E-state index contributed by atoms with van der Waals surface area (Å²) in [6.07, 6.45) is 0. The van der Waals surface area contributed by atoms with Crippen LogP contribution in [0.25, 0.3) is 0 Å². The Labute approximate surface area is 136 Å². The molecular formula is C19H19O3P. The summed E-state index contributed by atoms with van der Waals surface area (Å²) < 4.78 is 5.86. The van der Waals surface area contributed by atoms with Gasteiger partial charge < -0.3 is 0 Å². The number of hydrogen-bond acceptors (Lipinski definition) is 3. The molecule has 0 saturated carbocycles. The van der Waals surface area contributed by atoms with Gasteiger partial charge in [-0.3, -0.25) is 0 Å². The van der Waals surface area contributed by atoms with E-state index in [1.807, 2.05) is 31.2 Å². The van der Waals surface area contributed by atoms with Crippen LogP contribution in [-0.4, -0.2) is 9.79 Å². The molecule has 4 heteroatoms. The van der Waals surface area contributed by atoms with E-state index in [2.05, 4.69) is 0 Å². The monoisotopic (exact) mass is 326 g/mol. The first kappa shape index (κ1) is 15.7. The van der Waals surface area contributed by atoms with Gasteiger partial charge in [0.05, 0.1) is 0 Å². The fourth-order valence-corrected chi connectivity index (χ4v) is 4.90. The van der Waals surface area contributed by atoms with E-state index in [0.29, 0.717) is 16.4 Å². The Morgan fingerprint density at radius 1 is 0.652 bits per heavy atom. The van der Waals surface area contributed by atoms with Gasteiger partial charge in [-0.15, -0.1) is 0 Å². The second-order valence-electron chi connectivity index (χ2n) is 5.52. The molecule has 23 heavy (non-hydrogen) atoms. The van der Waals surface area contributed by atoms with Gasteiger partial charge in [-0.05, 0) is 0 Å². The van der Waals surface area contributed by atoms with Crippen LogP contribution in [0.3, 0.4) is 0 Å². The molecule has 0 unspecified atom stereocenters. The first-order chi connectivity index (χ1) is 11.0. The SMILES string of the molecule is Cc1ccc(OP(O)(O)(c2ccccc2)c2ccccc2)cc1. The minimum absolute atomic E-state index is 0.366. The summed E-state index contributed by atoms with van der Waals surface area (Å²) in [6, 6.07) is 24.7. The molecule has 118 valence electrons. The van der Waals surface area contributed by atoms with E-state index >= 15 is 0 Å². The van der Waals surface area contributed by atoms with Crippen molar-refractivity contribution in [3.8, 4) is 5.75 Å². The fourth-order valence-electron chi connectivity index (χ4n) is 2.45. The molecule has 0 fully saturated rings. The topological polar surface area (TPSA) is 49.7 Å². The van der Waals surface area contributed by atoms with Crippen LogP contribution >= 0.6 is 7.28 Å². The van der Waals surface area contributed by atoms with Crippen molar-refractivity contribution in [1.29, 1.82) is 0 Å². The standard InChI is InChI=1S/C19H19O3P/c1-16-12-14-17(15-13-16)22-23(20,21,18-8-4-2-5-9-18)19-10-6-3-7-11-19/h2-15,20-21H,1H3. The van der Waals surface area contributed by atoms with Crippen molar-refractivity contribution in [1.82, 2.24) is 0 Å². The molecule has 0 aliphatic carbocycles. The van der Waals surface area contributed by atoms with Gasteiger partial charge in [0, 0.05) is 0 Å². The second-order valence-corrected chi connectivity index (χ2v) is 8.63. The van der Waals surface area contributed by atoms with Crippen LogP contribution in [0.5, 0.6) is 5.75 Å². The zero-order chi connectivity index (χ0) is 16.4. The maximum atomic E-state index is 11.4. The van der Waals surface area contributed by atoms with Crippen molar-refractivity contribution >= 4 is 17.9 Å². The Morgan fingerprint density at radius 3 is 1.52 bits per heavy atom. The summed E-state index contributed by atoms with van der Waals surface area (Å²) in [4.78, 5) is 22.8. The van der Waals surface area contributed by atoms with E-state index in [1.165, 1.54) is 0 Å². The van der Waals surface area contributed by atoms with Crippen molar-refractivity contribution in [3.63, 3.8) is 0 Å². The Hall–Kier alpha value is -2.19. The van der Waals surface area contributed by atoms with Crippen molar-refractivity contribution in [2.45, 2.75) is 6.92 Å². The third-order valence-electron chi connectivity index (χ3n) is 3.74. The molecule has 0 atom stereocenters. The van der Waals surface area contributed by atoms with E-state index in [0.717, 1.165) is 5.56 Å². The summed E-state index contributed by atoms with van der Waals surface area (Å²) >= 11 is 0. The molecule has 3 nitrogen and oxygen atoms in total. The van der Waals surface area contributed by atoms with Crippen LogP contribution in [-0.2, 0) is 0 Å². The van der Waals surface area contributed by atoms with Crippen molar-refractivity contribution in [2.24, 2.45) is 0 Å². The Morgan fingerprint density at radius 2 is 1.09 bits per heavy atom. The number of benzene rings is 3. The Balaban J connectivity index is 2.16. The Bertz CT molecular complexity index is 740. The van der Waals surface area contributed by atoms with Gasteiger partial charge >= 0.3 is 135 Å². The maximum absolute atomic E-state index is 11.4. The van der Waals surface area contributed by atoms with Gasteiger partial charge in [0.25, 0.3) is 0 Å². The van der Waals surface area contributed by atoms with E-state index in [9.17, 15) is 9.79 Å². The average Bonchev–Trinajstić information content (AvgIpc) is 2.59. The van der Waals surface area contributed by atoms with Crippen molar-refractivity contribution < 1.29 is 14.3 Å². The number of aryl methyl sites for hydroxylation is 1. The van der Waals surface area contributed by atoms with Gasteiger partial charge in [-0.25, -0.2) is 0 Å². The molecule has 3 aromatic carbocycles. The van der Waals surface area contributed by atoms with Gasteiger partial charge in [-0.2, -0.15) is 0 Å². The van der Waals surface area contributed by atoms with Crippen LogP contribution in [0.15, 0.2) is 84.9 Å². The molecule has 0 aliphatic rings. The van der Waals surface area contributed by atoms with E-state index in [1.54, 1.807) is 60.7 Å². The van der Waals surface area contributed by atoms with Crippen LogP contribution in [0.1, 0.15) is 5.56 Å². The summed E-state index contributed by atoms with van der Waals surface area (Å²) in [6.45, 7) is 1.97. The summed E-state index contributed by atoms with van der Waals surface area (Å²) in [5.41, 5.74) is 1.08. The minimum atomic E-state index is -4.76. The number of hydrogen-bond donors (Lipinski definition) is 2. The van der Waals surface area contributed by atoms with Gasteiger partial charge in [0.2, 0.25) is 0 Å². The molecule has 0 bridgehead atoms. The fraction of sp³-hybridized carbons (Fsp3) is 0.0526.